The number of pyridine rings is 1. The van der Waals surface area contributed by atoms with Gasteiger partial charge in [-0.25, -0.2) is 0 Å². The van der Waals surface area contributed by atoms with Gasteiger partial charge in [0.2, 0.25) is 0 Å². The van der Waals surface area contributed by atoms with Gasteiger partial charge < -0.3 is 19.4 Å². The van der Waals surface area contributed by atoms with E-state index in [1.165, 1.54) is 16.9 Å². The summed E-state index contributed by atoms with van der Waals surface area (Å²) in [6.07, 6.45) is 4.17. The minimum absolute atomic E-state index is 0.0331. The van der Waals surface area contributed by atoms with Crippen LogP contribution in [-0.4, -0.2) is 28.2 Å². The van der Waals surface area contributed by atoms with Gasteiger partial charge in [-0.05, 0) is 70.5 Å². The summed E-state index contributed by atoms with van der Waals surface area (Å²) < 4.78 is 11.8. The Labute approximate surface area is 236 Å². The molecule has 200 valence electrons. The van der Waals surface area contributed by atoms with E-state index in [0.717, 1.165) is 28.0 Å². The number of thiophene rings is 1. The van der Waals surface area contributed by atoms with Crippen molar-refractivity contribution in [3.63, 3.8) is 0 Å². The third-order valence-electron chi connectivity index (χ3n) is 6.90. The number of benzene rings is 2. The van der Waals surface area contributed by atoms with Gasteiger partial charge in [-0.1, -0.05) is 48.5 Å². The van der Waals surface area contributed by atoms with Crippen LogP contribution in [0.4, 0.5) is 0 Å². The number of furan rings is 1. The van der Waals surface area contributed by atoms with Crippen molar-refractivity contribution in [1.29, 1.82) is 0 Å². The number of rotatable bonds is 8. The maximum Gasteiger partial charge on any atom is 0.287 e. The topological polar surface area (TPSA) is 84.7 Å². The third-order valence-corrected chi connectivity index (χ3v) is 7.75. The second kappa shape index (κ2) is 11.6. The van der Waals surface area contributed by atoms with Gasteiger partial charge in [0.1, 0.15) is 18.1 Å². The SMILES string of the molecule is O=C(NCc1cccnc1)c1ccc(COc2ccc3c(c2)C(c2ccccc2)N(C(=O)c2cccs2)CC3)o1. The fourth-order valence-corrected chi connectivity index (χ4v) is 5.62. The summed E-state index contributed by atoms with van der Waals surface area (Å²) >= 11 is 1.46. The van der Waals surface area contributed by atoms with Gasteiger partial charge in [0.05, 0.1) is 10.9 Å². The quantitative estimate of drug-likeness (QED) is 0.255. The van der Waals surface area contributed by atoms with Crippen LogP contribution in [0.2, 0.25) is 0 Å². The largest absolute Gasteiger partial charge is 0.486 e. The molecule has 6 rings (SSSR count). The first-order valence-electron chi connectivity index (χ1n) is 13.1. The molecule has 2 amide bonds. The fourth-order valence-electron chi connectivity index (χ4n) is 4.94. The van der Waals surface area contributed by atoms with E-state index in [-0.39, 0.29) is 30.2 Å². The summed E-state index contributed by atoms with van der Waals surface area (Å²) in [6, 6.07) is 26.8. The van der Waals surface area contributed by atoms with Crippen molar-refractivity contribution in [1.82, 2.24) is 15.2 Å². The standard InChI is InChI=1S/C32H27N3O4S/c36-31(34-20-22-6-4-15-33-19-22)28-13-12-26(39-28)21-38-25-11-10-23-14-16-35(32(37)29-9-5-17-40-29)30(27(23)18-25)24-7-2-1-3-8-24/h1-13,15,17-19,30H,14,16,20-21H2,(H,34,36). The molecule has 2 aromatic carbocycles. The lowest BCUT2D eigenvalue weighted by Gasteiger charge is -2.37. The number of nitrogens with zero attached hydrogens (tertiary/aromatic N) is 2. The molecule has 0 saturated heterocycles. The molecule has 1 aliphatic rings. The van der Waals surface area contributed by atoms with Crippen LogP contribution in [0.1, 0.15) is 54.3 Å². The number of carbonyl (C=O) groups excluding carboxylic acids is 2. The highest BCUT2D eigenvalue weighted by molar-refractivity contribution is 7.12. The maximum absolute atomic E-state index is 13.5. The van der Waals surface area contributed by atoms with Gasteiger partial charge in [0.25, 0.3) is 11.8 Å². The van der Waals surface area contributed by atoms with Crippen molar-refractivity contribution in [3.05, 3.63) is 141 Å². The Morgan fingerprint density at radius 3 is 2.73 bits per heavy atom. The minimum atomic E-state index is -0.301. The summed E-state index contributed by atoms with van der Waals surface area (Å²) in [6.45, 7) is 1.17. The fraction of sp³-hybridized carbons (Fsp3) is 0.156. The zero-order chi connectivity index (χ0) is 27.3. The summed E-state index contributed by atoms with van der Waals surface area (Å²) in [5.41, 5.74) is 4.21. The Kier molecular flexibility index (Phi) is 7.41. The van der Waals surface area contributed by atoms with Crippen LogP contribution in [0.25, 0.3) is 0 Å². The number of fused-ring (bicyclic) bond motifs is 1. The molecule has 0 bridgehead atoms. The lowest BCUT2D eigenvalue weighted by Crippen LogP contribution is -2.40. The molecule has 8 heteroatoms. The number of ether oxygens (including phenoxy) is 1. The van der Waals surface area contributed by atoms with Crippen LogP contribution >= 0.6 is 11.3 Å². The first-order valence-corrected chi connectivity index (χ1v) is 13.9. The number of aromatic nitrogens is 1. The lowest BCUT2D eigenvalue weighted by molar-refractivity contribution is 0.0699. The molecule has 0 fully saturated rings. The van der Waals surface area contributed by atoms with E-state index in [1.807, 2.05) is 64.9 Å². The van der Waals surface area contributed by atoms with Crippen LogP contribution < -0.4 is 10.1 Å². The zero-order valence-corrected chi connectivity index (χ0v) is 22.5. The normalized spacial score (nSPS) is 14.4. The number of nitrogens with one attached hydrogen (secondary N) is 1. The highest BCUT2D eigenvalue weighted by Gasteiger charge is 2.33. The van der Waals surface area contributed by atoms with E-state index >= 15 is 0 Å². The summed E-state index contributed by atoms with van der Waals surface area (Å²) in [7, 11) is 0. The average molecular weight is 550 g/mol. The second-order valence-corrected chi connectivity index (χ2v) is 10.4. The van der Waals surface area contributed by atoms with Gasteiger partial charge >= 0.3 is 0 Å². The van der Waals surface area contributed by atoms with Crippen LogP contribution in [0.15, 0.2) is 107 Å². The molecular formula is C32H27N3O4S. The molecule has 1 atom stereocenters. The maximum atomic E-state index is 13.5. The van der Waals surface area contributed by atoms with E-state index in [9.17, 15) is 9.59 Å². The highest BCUT2D eigenvalue weighted by atomic mass is 32.1. The van der Waals surface area contributed by atoms with Crippen LogP contribution in [-0.2, 0) is 19.6 Å². The molecule has 0 aliphatic carbocycles. The number of amides is 2. The van der Waals surface area contributed by atoms with Crippen LogP contribution in [0.3, 0.4) is 0 Å². The summed E-state index contributed by atoms with van der Waals surface area (Å²) in [5, 5.41) is 4.76. The lowest BCUT2D eigenvalue weighted by atomic mass is 9.88. The molecule has 0 radical (unpaired) electrons. The molecule has 5 aromatic rings. The first-order chi connectivity index (χ1) is 19.7. The third kappa shape index (κ3) is 5.53. The van der Waals surface area contributed by atoms with Crippen LogP contribution in [0, 0.1) is 0 Å². The Balaban J connectivity index is 1.18. The van der Waals surface area contributed by atoms with E-state index in [0.29, 0.717) is 24.6 Å². The zero-order valence-electron chi connectivity index (χ0n) is 21.7. The van der Waals surface area contributed by atoms with Crippen molar-refractivity contribution in [2.45, 2.75) is 25.6 Å². The summed E-state index contributed by atoms with van der Waals surface area (Å²) in [4.78, 5) is 32.7. The molecular weight excluding hydrogens is 522 g/mol. The smallest absolute Gasteiger partial charge is 0.287 e. The van der Waals surface area contributed by atoms with Crippen LogP contribution in [0.5, 0.6) is 5.75 Å². The predicted molar refractivity (Wildman–Crippen MR) is 152 cm³/mol. The minimum Gasteiger partial charge on any atom is -0.486 e. The Morgan fingerprint density at radius 1 is 1.02 bits per heavy atom. The number of hydrogen-bond donors (Lipinski definition) is 1. The molecule has 40 heavy (non-hydrogen) atoms. The molecule has 0 saturated carbocycles. The Bertz CT molecular complexity index is 1600. The van der Waals surface area contributed by atoms with Gasteiger partial charge in [-0.3, -0.25) is 14.6 Å². The van der Waals surface area contributed by atoms with Crippen molar-refractivity contribution < 1.29 is 18.7 Å². The number of hydrogen-bond acceptors (Lipinski definition) is 6. The highest BCUT2D eigenvalue weighted by Crippen LogP contribution is 2.38. The van der Waals surface area contributed by atoms with Gasteiger partial charge in [0, 0.05) is 25.5 Å². The first kappa shape index (κ1) is 25.6. The molecule has 3 aromatic heterocycles. The van der Waals surface area contributed by atoms with Gasteiger partial charge in [-0.15, -0.1) is 11.3 Å². The Morgan fingerprint density at radius 2 is 1.93 bits per heavy atom. The molecule has 1 unspecified atom stereocenters. The average Bonchev–Trinajstić information content (AvgIpc) is 3.72. The molecule has 1 aliphatic heterocycles. The van der Waals surface area contributed by atoms with Gasteiger partial charge in [0.15, 0.2) is 5.76 Å². The molecule has 7 nitrogen and oxygen atoms in total. The van der Waals surface area contributed by atoms with E-state index in [1.54, 1.807) is 24.5 Å². The second-order valence-electron chi connectivity index (χ2n) is 9.50. The van der Waals surface area contributed by atoms with Crippen molar-refractivity contribution in [2.75, 3.05) is 6.54 Å². The monoisotopic (exact) mass is 549 g/mol. The van der Waals surface area contributed by atoms with E-state index in [4.69, 9.17) is 9.15 Å². The molecule has 0 spiro atoms. The Hall–Kier alpha value is -4.69. The number of carbonyl (C=O) groups is 2. The van der Waals surface area contributed by atoms with Crippen molar-refractivity contribution in [2.24, 2.45) is 0 Å². The van der Waals surface area contributed by atoms with E-state index < -0.39 is 0 Å². The molecule has 1 N–H and O–H groups in total. The summed E-state index contributed by atoms with van der Waals surface area (Å²) in [5.74, 6) is 1.16. The van der Waals surface area contributed by atoms with Crippen molar-refractivity contribution >= 4 is 23.2 Å². The van der Waals surface area contributed by atoms with Crippen molar-refractivity contribution in [3.8, 4) is 5.75 Å². The predicted octanol–water partition coefficient (Wildman–Crippen LogP) is 6.03. The molecule has 4 heterocycles. The van der Waals surface area contributed by atoms with Gasteiger partial charge in [-0.2, -0.15) is 0 Å². The van der Waals surface area contributed by atoms with E-state index in [2.05, 4.69) is 28.5 Å².